The van der Waals surface area contributed by atoms with Gasteiger partial charge in [0, 0.05) is 40.6 Å². The molecular weight excluding hydrogens is 648 g/mol. The Hall–Kier alpha value is -6.43. The van der Waals surface area contributed by atoms with Crippen LogP contribution < -0.4 is 10.9 Å². The van der Waals surface area contributed by atoms with E-state index in [0.29, 0.717) is 11.1 Å². The van der Waals surface area contributed by atoms with E-state index in [1.807, 2.05) is 24.3 Å². The van der Waals surface area contributed by atoms with Gasteiger partial charge in [-0.3, -0.25) is 40.7 Å². The van der Waals surface area contributed by atoms with E-state index in [0.717, 1.165) is 23.3 Å². The van der Waals surface area contributed by atoms with Gasteiger partial charge >= 0.3 is 0 Å². The maximum absolute atomic E-state index is 12.0. The molecule has 0 aliphatic heterocycles. The van der Waals surface area contributed by atoms with Crippen molar-refractivity contribution in [2.45, 2.75) is 0 Å². The molecule has 4 aromatic carbocycles. The molecule has 47 heavy (non-hydrogen) atoms. The van der Waals surface area contributed by atoms with Gasteiger partial charge in [-0.05, 0) is 35.4 Å². The fourth-order valence-electron chi connectivity index (χ4n) is 4.39. The minimum atomic E-state index is -0.610. The Labute approximate surface area is 276 Å². The van der Waals surface area contributed by atoms with Crippen LogP contribution in [-0.4, -0.2) is 43.0 Å². The largest absolute Gasteiger partial charge is 0.505 e. The van der Waals surface area contributed by atoms with Crippen molar-refractivity contribution < 1.29 is 47.0 Å². The summed E-state index contributed by atoms with van der Waals surface area (Å²) >= 11 is 0. The molecule has 4 aromatic rings. The monoisotopic (exact) mass is 670 g/mol. The molecule has 2 aliphatic carbocycles. The topological polar surface area (TPSA) is 210 Å². The number of ketones is 2. The van der Waals surface area contributed by atoms with Crippen LogP contribution in [0.1, 0.15) is 22.3 Å². The predicted octanol–water partition coefficient (Wildman–Crippen LogP) is 5.42. The molecule has 6 rings (SSSR count). The Kier molecular flexibility index (Phi) is 10.4. The normalized spacial score (nSPS) is 14.3. The Balaban J connectivity index is 0.000000208. The van der Waals surface area contributed by atoms with Gasteiger partial charge in [-0.1, -0.05) is 60.7 Å². The summed E-state index contributed by atoms with van der Waals surface area (Å²) in [4.78, 5) is 44.1. The number of aromatic hydroxyl groups is 2. The van der Waals surface area contributed by atoms with Crippen LogP contribution in [0.4, 0.5) is 22.7 Å². The molecule has 0 fully saturated rings. The predicted molar refractivity (Wildman–Crippen MR) is 171 cm³/mol. The average molecular weight is 671 g/mol. The van der Waals surface area contributed by atoms with Gasteiger partial charge in [0.15, 0.2) is 0 Å². The first-order valence-electron chi connectivity index (χ1n) is 13.4. The number of carbonyl (C=O) groups is 2. The van der Waals surface area contributed by atoms with Crippen molar-refractivity contribution in [2.75, 3.05) is 10.9 Å². The van der Waals surface area contributed by atoms with Crippen molar-refractivity contribution in [3.8, 4) is 11.5 Å². The van der Waals surface area contributed by atoms with E-state index < -0.39 is 9.85 Å². The fourth-order valence-corrected chi connectivity index (χ4v) is 4.39. The van der Waals surface area contributed by atoms with Gasteiger partial charge in [0.05, 0.1) is 33.4 Å². The summed E-state index contributed by atoms with van der Waals surface area (Å²) in [5, 5.41) is 49.0. The van der Waals surface area contributed by atoms with Crippen LogP contribution in [0.3, 0.4) is 0 Å². The van der Waals surface area contributed by atoms with Crippen molar-refractivity contribution in [1.82, 2.24) is 0 Å². The third-order valence-corrected chi connectivity index (χ3v) is 6.69. The van der Waals surface area contributed by atoms with Gasteiger partial charge in [-0.2, -0.15) is 10.2 Å². The zero-order valence-electron chi connectivity index (χ0n) is 23.9. The standard InChI is InChI=1S/2C16H11N3O4.Cr/c2*20-14-8-5-10-3-1-2-4-12(10)16(14)18-17-13-7-6-11(19(22)23)9-15(13)21;/h2*1-9,17,21H;/b18-16-;;. The molecule has 0 unspecified atom stereocenters. The zero-order chi connectivity index (χ0) is 32.8. The molecule has 14 nitrogen and oxygen atoms in total. The van der Waals surface area contributed by atoms with E-state index in [4.69, 9.17) is 0 Å². The van der Waals surface area contributed by atoms with Gasteiger partial charge in [-0.15, -0.1) is 0 Å². The first-order valence-corrected chi connectivity index (χ1v) is 13.4. The van der Waals surface area contributed by atoms with Crippen LogP contribution in [0, 0.1) is 20.2 Å². The molecular formula is C32H22CrN6O8. The number of nitrogens with zero attached hydrogens (tertiary/aromatic N) is 4. The fraction of sp³-hybridized carbons (Fsp3) is 0. The minimum Gasteiger partial charge on any atom is -0.505 e. The number of rotatable bonds is 6. The molecule has 0 saturated carbocycles. The molecule has 0 aromatic heterocycles. The maximum Gasteiger partial charge on any atom is 0.273 e. The summed E-state index contributed by atoms with van der Waals surface area (Å²) < 4.78 is 0. The Morgan fingerprint density at radius 3 is 1.32 bits per heavy atom. The molecule has 0 bridgehead atoms. The number of phenols is 2. The zero-order valence-corrected chi connectivity index (χ0v) is 25.2. The first-order chi connectivity index (χ1) is 22.1. The van der Waals surface area contributed by atoms with Gasteiger partial charge in [0.25, 0.3) is 11.4 Å². The maximum atomic E-state index is 12.0. The number of anilines is 2. The van der Waals surface area contributed by atoms with Gasteiger partial charge in [0.1, 0.15) is 22.9 Å². The number of hydrazone groups is 2. The molecule has 234 valence electrons. The number of non-ortho nitro benzene ring substituents is 2. The summed E-state index contributed by atoms with van der Waals surface area (Å²) in [6.07, 6.45) is 6.25. The number of nitro benzene ring substituents is 2. The number of fused-ring (bicyclic) bond motifs is 2. The number of phenolic OH excluding ortho intramolecular Hbond substituents is 2. The number of nitro groups is 2. The summed E-state index contributed by atoms with van der Waals surface area (Å²) in [5.74, 6) is -1.18. The number of nitrogens with one attached hydrogen (secondary N) is 2. The Morgan fingerprint density at radius 2 is 0.957 bits per heavy atom. The van der Waals surface area contributed by atoms with Crippen molar-refractivity contribution in [2.24, 2.45) is 10.2 Å². The van der Waals surface area contributed by atoms with E-state index in [9.17, 15) is 40.0 Å². The van der Waals surface area contributed by atoms with Crippen molar-refractivity contribution in [3.05, 3.63) is 140 Å². The molecule has 2 aliphatic rings. The van der Waals surface area contributed by atoms with Crippen molar-refractivity contribution >= 4 is 57.9 Å². The summed E-state index contributed by atoms with van der Waals surface area (Å²) in [7, 11) is 0. The number of hydrogen-bond donors (Lipinski definition) is 4. The third kappa shape index (κ3) is 7.63. The smallest absolute Gasteiger partial charge is 0.273 e. The van der Waals surface area contributed by atoms with Crippen molar-refractivity contribution in [3.63, 3.8) is 0 Å². The number of benzene rings is 4. The van der Waals surface area contributed by atoms with Crippen LogP contribution in [0.5, 0.6) is 11.5 Å². The summed E-state index contributed by atoms with van der Waals surface area (Å²) in [5.41, 5.74) is 8.52. The number of carbonyl (C=O) groups excluding carboxylic acids is 2. The third-order valence-electron chi connectivity index (χ3n) is 6.69. The van der Waals surface area contributed by atoms with E-state index in [-0.39, 0.29) is 74.6 Å². The number of allylic oxidation sites excluding steroid dienone is 2. The van der Waals surface area contributed by atoms with Gasteiger partial charge in [-0.25, -0.2) is 0 Å². The van der Waals surface area contributed by atoms with Gasteiger partial charge in [0.2, 0.25) is 11.6 Å². The Bertz CT molecular complexity index is 1890. The van der Waals surface area contributed by atoms with Crippen LogP contribution in [0.25, 0.3) is 12.2 Å². The quantitative estimate of drug-likeness (QED) is 0.116. The Morgan fingerprint density at radius 1 is 0.574 bits per heavy atom. The molecule has 0 saturated heterocycles. The second-order valence-electron chi connectivity index (χ2n) is 9.63. The van der Waals surface area contributed by atoms with Crippen LogP contribution >= 0.6 is 0 Å². The van der Waals surface area contributed by atoms with E-state index >= 15 is 0 Å². The van der Waals surface area contributed by atoms with E-state index in [1.54, 1.807) is 36.4 Å². The van der Waals surface area contributed by atoms with Gasteiger partial charge < -0.3 is 10.2 Å². The molecule has 15 heteroatoms. The second kappa shape index (κ2) is 14.6. The van der Waals surface area contributed by atoms with E-state index in [1.165, 1.54) is 36.4 Å². The molecule has 0 radical (unpaired) electrons. The van der Waals surface area contributed by atoms with Crippen molar-refractivity contribution in [1.29, 1.82) is 0 Å². The summed E-state index contributed by atoms with van der Waals surface area (Å²) in [6.45, 7) is 0. The first kappa shape index (κ1) is 33.5. The summed E-state index contributed by atoms with van der Waals surface area (Å²) in [6, 6.07) is 21.7. The molecule has 4 N–H and O–H groups in total. The molecule has 0 spiro atoms. The minimum absolute atomic E-state index is 0. The molecule has 0 atom stereocenters. The number of hydrogen-bond acceptors (Lipinski definition) is 12. The SMILES string of the molecule is O=C1C=Cc2ccccc2/C1=N/Nc1ccc([N+](=O)[O-])cc1O.O=C1C=Cc2ccccc2C1=NNc1ccc([N+](=O)[O-])cc1O.[Cr]. The van der Waals surface area contributed by atoms with Crippen LogP contribution in [0.15, 0.2) is 107 Å². The van der Waals surface area contributed by atoms with E-state index in [2.05, 4.69) is 21.1 Å². The molecule has 0 heterocycles. The average Bonchev–Trinajstić information content (AvgIpc) is 3.05. The van der Waals surface area contributed by atoms with Crippen LogP contribution in [0.2, 0.25) is 0 Å². The molecule has 0 amide bonds. The van der Waals surface area contributed by atoms with Crippen LogP contribution in [-0.2, 0) is 27.0 Å². The second-order valence-corrected chi connectivity index (χ2v) is 9.63.